The van der Waals surface area contributed by atoms with Crippen molar-refractivity contribution in [2.75, 3.05) is 24.7 Å². The minimum Gasteiger partial charge on any atom is -0.493 e. The number of hydrogen-bond donors (Lipinski definition) is 0. The fourth-order valence-corrected chi connectivity index (χ4v) is 8.71. The van der Waals surface area contributed by atoms with Gasteiger partial charge in [-0.1, -0.05) is 132 Å². The Labute approximate surface area is 326 Å². The van der Waals surface area contributed by atoms with Gasteiger partial charge < -0.3 is 9.47 Å². The van der Waals surface area contributed by atoms with E-state index in [4.69, 9.17) is 19.7 Å². The first-order valence-corrected chi connectivity index (χ1v) is 21.3. The second-order valence-corrected chi connectivity index (χ2v) is 15.7. The number of aromatic nitrogens is 6. The maximum absolute atomic E-state index is 6.23. The maximum Gasteiger partial charge on any atom is 0.213 e. The highest BCUT2D eigenvalue weighted by Crippen LogP contribution is 2.29. The predicted octanol–water partition coefficient (Wildman–Crippen LogP) is 9.04. The van der Waals surface area contributed by atoms with Gasteiger partial charge in [-0.2, -0.15) is 19.6 Å². The lowest BCUT2D eigenvalue weighted by Crippen LogP contribution is -2.07. The van der Waals surface area contributed by atoms with Gasteiger partial charge in [-0.15, -0.1) is 20.4 Å². The molecule has 10 nitrogen and oxygen atoms in total. The molecule has 0 amide bonds. The van der Waals surface area contributed by atoms with E-state index in [1.165, 1.54) is 11.1 Å². The number of benzene rings is 4. The van der Waals surface area contributed by atoms with Crippen molar-refractivity contribution >= 4 is 59.5 Å². The standard InChI is InChI=1S/C39H38N8O2S4/c1-3-14-30(15-4-1)28-52-38-44-42-36-46(38)40-26-32-18-7-9-20-34(32)48-22-13-23-49-35-21-10-8-19-33(35)27-41-47-37(51-25-12-11-24-50-36)43-45-39(47)53-29-31-16-5-2-6-17-31/h1-10,14-21,26-27H,11-13,22-25,28-29H2/b40-26+,41-27+. The second-order valence-electron chi connectivity index (χ2n) is 11.7. The molecule has 0 unspecified atom stereocenters. The van der Waals surface area contributed by atoms with E-state index < -0.39 is 0 Å². The number of fused-ring (bicyclic) bond motifs is 4. The third kappa shape index (κ3) is 10.6. The summed E-state index contributed by atoms with van der Waals surface area (Å²) in [6.45, 7) is 0.965. The monoisotopic (exact) mass is 778 g/mol. The molecule has 0 aliphatic carbocycles. The van der Waals surface area contributed by atoms with E-state index in [9.17, 15) is 0 Å². The Hall–Kier alpha value is -4.50. The Morgan fingerprint density at radius 3 is 1.42 bits per heavy atom. The van der Waals surface area contributed by atoms with Crippen molar-refractivity contribution in [3.8, 4) is 11.5 Å². The van der Waals surface area contributed by atoms with Crippen LogP contribution in [0.1, 0.15) is 41.5 Å². The van der Waals surface area contributed by atoms with Crippen LogP contribution in [0.2, 0.25) is 0 Å². The Morgan fingerprint density at radius 1 is 0.509 bits per heavy atom. The molecule has 0 radical (unpaired) electrons. The molecule has 1 aliphatic heterocycles. The molecule has 2 aromatic heterocycles. The molecule has 0 N–H and O–H groups in total. The van der Waals surface area contributed by atoms with Crippen LogP contribution in [0.5, 0.6) is 11.5 Å². The minimum atomic E-state index is 0.482. The van der Waals surface area contributed by atoms with Crippen LogP contribution in [0.4, 0.5) is 0 Å². The quantitative estimate of drug-likeness (QED) is 0.152. The van der Waals surface area contributed by atoms with Crippen molar-refractivity contribution in [3.63, 3.8) is 0 Å². The Morgan fingerprint density at radius 2 is 0.943 bits per heavy atom. The third-order valence-corrected chi connectivity index (χ3v) is 11.8. The molecular weight excluding hydrogens is 741 g/mol. The molecule has 1 aliphatic rings. The largest absolute Gasteiger partial charge is 0.493 e. The molecule has 0 atom stereocenters. The van der Waals surface area contributed by atoms with E-state index in [-0.39, 0.29) is 0 Å². The molecule has 53 heavy (non-hydrogen) atoms. The molecule has 0 fully saturated rings. The van der Waals surface area contributed by atoms with Crippen LogP contribution in [0.25, 0.3) is 0 Å². The number of ether oxygens (including phenoxy) is 2. The van der Waals surface area contributed by atoms with Gasteiger partial charge in [0.15, 0.2) is 0 Å². The lowest BCUT2D eigenvalue weighted by Gasteiger charge is -2.11. The van der Waals surface area contributed by atoms with Gasteiger partial charge in [0.05, 0.1) is 25.6 Å². The van der Waals surface area contributed by atoms with Crippen molar-refractivity contribution in [1.29, 1.82) is 0 Å². The van der Waals surface area contributed by atoms with E-state index in [0.717, 1.165) is 79.1 Å². The zero-order chi connectivity index (χ0) is 35.9. The van der Waals surface area contributed by atoms with Crippen molar-refractivity contribution in [2.45, 2.75) is 51.4 Å². The number of hydrogen-bond acceptors (Lipinski definition) is 12. The third-order valence-electron chi connectivity index (χ3n) is 7.86. The smallest absolute Gasteiger partial charge is 0.213 e. The molecule has 0 bridgehead atoms. The summed E-state index contributed by atoms with van der Waals surface area (Å²) >= 11 is 6.57. The summed E-state index contributed by atoms with van der Waals surface area (Å²) in [5.74, 6) is 4.79. The normalized spacial score (nSPS) is 15.4. The van der Waals surface area contributed by atoms with Crippen LogP contribution in [0.15, 0.2) is 140 Å². The zero-order valence-corrected chi connectivity index (χ0v) is 32.2. The lowest BCUT2D eigenvalue weighted by atomic mass is 10.2. The highest BCUT2D eigenvalue weighted by atomic mass is 32.2. The minimum absolute atomic E-state index is 0.482. The molecular formula is C39H38N8O2S4. The Balaban J connectivity index is 1.11. The number of thioether (sulfide) groups is 4. The number of para-hydroxylation sites is 2. The fourth-order valence-electron chi connectivity index (χ4n) is 5.14. The van der Waals surface area contributed by atoms with Gasteiger partial charge in [0, 0.05) is 40.6 Å². The van der Waals surface area contributed by atoms with Crippen LogP contribution in [0.3, 0.4) is 0 Å². The SMILES string of the molecule is C1=N/n2c(nnc2SCc2ccccc2)SCCCCSc2nnc(SCc3ccccc3)n2/N=C/c2ccccc2OCCCOc2ccccc2/1. The van der Waals surface area contributed by atoms with Crippen LogP contribution in [-0.4, -0.2) is 66.9 Å². The molecule has 14 heteroatoms. The first kappa shape index (κ1) is 36.8. The summed E-state index contributed by atoms with van der Waals surface area (Å²) in [4.78, 5) is 0. The fraction of sp³-hybridized carbons (Fsp3) is 0.231. The predicted molar refractivity (Wildman–Crippen MR) is 217 cm³/mol. The first-order chi connectivity index (χ1) is 26.3. The van der Waals surface area contributed by atoms with Gasteiger partial charge in [0.1, 0.15) is 11.5 Å². The van der Waals surface area contributed by atoms with Crippen LogP contribution >= 0.6 is 47.0 Å². The molecule has 3 heterocycles. The van der Waals surface area contributed by atoms with E-state index in [0.29, 0.717) is 19.6 Å². The van der Waals surface area contributed by atoms with E-state index in [1.807, 2.05) is 82.4 Å². The highest BCUT2D eigenvalue weighted by molar-refractivity contribution is 8.00. The van der Waals surface area contributed by atoms with Gasteiger partial charge in [-0.25, -0.2) is 0 Å². The zero-order valence-electron chi connectivity index (χ0n) is 28.9. The van der Waals surface area contributed by atoms with Crippen molar-refractivity contribution < 1.29 is 9.47 Å². The summed E-state index contributed by atoms with van der Waals surface area (Å²) in [6.07, 6.45) is 6.31. The van der Waals surface area contributed by atoms with Gasteiger partial charge >= 0.3 is 0 Å². The Kier molecular flexibility index (Phi) is 13.6. The van der Waals surface area contributed by atoms with Crippen LogP contribution < -0.4 is 9.47 Å². The first-order valence-electron chi connectivity index (χ1n) is 17.3. The lowest BCUT2D eigenvalue weighted by molar-refractivity contribution is 0.247. The average Bonchev–Trinajstić information content (AvgIpc) is 3.79. The van der Waals surface area contributed by atoms with Gasteiger partial charge in [0.2, 0.25) is 20.6 Å². The summed E-state index contributed by atoms with van der Waals surface area (Å²) in [7, 11) is 0. The van der Waals surface area contributed by atoms with E-state index >= 15 is 0 Å². The molecule has 4 aromatic carbocycles. The van der Waals surface area contributed by atoms with Crippen molar-refractivity contribution in [3.05, 3.63) is 131 Å². The van der Waals surface area contributed by atoms with E-state index in [1.54, 1.807) is 47.0 Å². The van der Waals surface area contributed by atoms with E-state index in [2.05, 4.69) is 68.9 Å². The van der Waals surface area contributed by atoms with Crippen LogP contribution in [-0.2, 0) is 11.5 Å². The van der Waals surface area contributed by atoms with Gasteiger partial charge in [0.25, 0.3) is 0 Å². The topological polar surface area (TPSA) is 105 Å². The second kappa shape index (κ2) is 19.5. The van der Waals surface area contributed by atoms with Gasteiger partial charge in [-0.3, -0.25) is 0 Å². The molecule has 0 saturated heterocycles. The van der Waals surface area contributed by atoms with Crippen LogP contribution in [0, 0.1) is 0 Å². The van der Waals surface area contributed by atoms with Crippen molar-refractivity contribution in [2.24, 2.45) is 10.2 Å². The molecule has 0 spiro atoms. The molecule has 270 valence electrons. The molecule has 7 rings (SSSR count). The highest BCUT2D eigenvalue weighted by Gasteiger charge is 2.16. The molecule has 0 saturated carbocycles. The van der Waals surface area contributed by atoms with Crippen molar-refractivity contribution in [1.82, 2.24) is 29.7 Å². The number of rotatable bonds is 6. The molecule has 6 aromatic rings. The summed E-state index contributed by atoms with van der Waals surface area (Å²) < 4.78 is 16.2. The summed E-state index contributed by atoms with van der Waals surface area (Å²) in [5, 5.41) is 30.9. The summed E-state index contributed by atoms with van der Waals surface area (Å²) in [5.41, 5.74) is 4.19. The maximum atomic E-state index is 6.23. The average molecular weight is 779 g/mol. The Bertz CT molecular complexity index is 1960. The van der Waals surface area contributed by atoms with Gasteiger partial charge in [-0.05, 0) is 48.2 Å². The summed E-state index contributed by atoms with van der Waals surface area (Å²) in [6, 6.07) is 36.6. The number of nitrogens with zero attached hydrogens (tertiary/aromatic N) is 8.